The molecule has 0 bridgehead atoms. The van der Waals surface area contributed by atoms with Gasteiger partial charge in [0.2, 0.25) is 5.91 Å². The minimum absolute atomic E-state index is 0.115. The first-order valence-electron chi connectivity index (χ1n) is 13.8. The molecule has 2 amide bonds. The van der Waals surface area contributed by atoms with Crippen LogP contribution in [0.3, 0.4) is 0 Å². The Hall–Kier alpha value is -3.94. The van der Waals surface area contributed by atoms with Crippen LogP contribution in [0.15, 0.2) is 78.9 Å². The maximum Gasteiger partial charge on any atom is 0.255 e. The van der Waals surface area contributed by atoms with Gasteiger partial charge in [0, 0.05) is 41.7 Å². The van der Waals surface area contributed by atoms with Crippen molar-refractivity contribution in [1.29, 1.82) is 0 Å². The average Bonchev–Trinajstić information content (AvgIpc) is 3.51. The summed E-state index contributed by atoms with van der Waals surface area (Å²) in [5.41, 5.74) is 5.61. The third-order valence-corrected chi connectivity index (χ3v) is 7.93. The normalized spacial score (nSPS) is 18.3. The number of fused-ring (bicyclic) bond motifs is 2. The van der Waals surface area contributed by atoms with E-state index in [4.69, 9.17) is 4.74 Å². The van der Waals surface area contributed by atoms with E-state index in [1.54, 1.807) is 4.90 Å². The molecule has 4 aromatic rings. The van der Waals surface area contributed by atoms with Crippen LogP contribution in [0.25, 0.3) is 22.2 Å². The Labute approximate surface area is 228 Å². The number of H-pyrrole nitrogens is 1. The molecule has 2 aliphatic heterocycles. The van der Waals surface area contributed by atoms with Crippen molar-refractivity contribution in [2.75, 3.05) is 39.4 Å². The minimum atomic E-state index is -0.643. The monoisotopic (exact) mass is 522 g/mol. The Morgan fingerprint density at radius 1 is 1.00 bits per heavy atom. The molecule has 3 aromatic carbocycles. The van der Waals surface area contributed by atoms with Crippen LogP contribution in [0.4, 0.5) is 0 Å². The van der Waals surface area contributed by atoms with E-state index in [1.807, 2.05) is 61.5 Å². The number of aromatic nitrogens is 1. The van der Waals surface area contributed by atoms with Crippen LogP contribution in [0.1, 0.15) is 40.9 Å². The zero-order valence-corrected chi connectivity index (χ0v) is 22.2. The molecule has 1 saturated heterocycles. The number of nitrogens with zero attached hydrogens (tertiary/aromatic N) is 2. The molecule has 7 nitrogen and oxygen atoms in total. The average molecular weight is 523 g/mol. The number of hydrogen-bond donors (Lipinski definition) is 2. The van der Waals surface area contributed by atoms with E-state index in [0.717, 1.165) is 72.6 Å². The number of amides is 2. The van der Waals surface area contributed by atoms with E-state index in [0.29, 0.717) is 12.1 Å². The molecule has 2 N–H and O–H groups in total. The van der Waals surface area contributed by atoms with Crippen LogP contribution in [-0.4, -0.2) is 72.0 Å². The maximum atomic E-state index is 13.9. The van der Waals surface area contributed by atoms with Gasteiger partial charge in [-0.15, -0.1) is 0 Å². The Morgan fingerprint density at radius 2 is 1.72 bits per heavy atom. The van der Waals surface area contributed by atoms with E-state index in [2.05, 4.69) is 39.5 Å². The zero-order chi connectivity index (χ0) is 26.8. The fourth-order valence-corrected chi connectivity index (χ4v) is 5.92. The third-order valence-electron chi connectivity index (χ3n) is 7.93. The molecule has 0 unspecified atom stereocenters. The molecule has 200 valence electrons. The highest BCUT2D eigenvalue weighted by molar-refractivity contribution is 6.04. The van der Waals surface area contributed by atoms with Gasteiger partial charge in [0.15, 0.2) is 0 Å². The number of aromatic amines is 1. The lowest BCUT2D eigenvalue weighted by molar-refractivity contribution is -0.125. The summed E-state index contributed by atoms with van der Waals surface area (Å²) in [6.45, 7) is 6.72. The number of nitrogens with one attached hydrogen (secondary N) is 2. The minimum Gasteiger partial charge on any atom is -0.379 e. The van der Waals surface area contributed by atoms with Gasteiger partial charge in [-0.3, -0.25) is 14.5 Å². The lowest BCUT2D eigenvalue weighted by atomic mass is 9.92. The SMILES string of the molecule is C[C@@H](C(=O)NCCCN1CCOCC1)N1C(=O)c2ccccc2[C@H]1c1c(-c2ccccc2)[nH]c2ccccc12. The molecule has 1 fully saturated rings. The van der Waals surface area contributed by atoms with Crippen LogP contribution in [-0.2, 0) is 9.53 Å². The van der Waals surface area contributed by atoms with E-state index in [1.165, 1.54) is 0 Å². The number of hydrogen-bond acceptors (Lipinski definition) is 4. The second-order valence-corrected chi connectivity index (χ2v) is 10.3. The van der Waals surface area contributed by atoms with Crippen molar-refractivity contribution in [2.45, 2.75) is 25.4 Å². The van der Waals surface area contributed by atoms with E-state index >= 15 is 0 Å². The number of morpholine rings is 1. The highest BCUT2D eigenvalue weighted by Gasteiger charge is 2.44. The van der Waals surface area contributed by atoms with Crippen LogP contribution in [0.5, 0.6) is 0 Å². The van der Waals surface area contributed by atoms with Crippen LogP contribution in [0.2, 0.25) is 0 Å². The summed E-state index contributed by atoms with van der Waals surface area (Å²) >= 11 is 0. The van der Waals surface area contributed by atoms with Gasteiger partial charge in [0.1, 0.15) is 6.04 Å². The number of para-hydroxylation sites is 1. The first-order chi connectivity index (χ1) is 19.1. The molecule has 2 atom stereocenters. The first-order valence-corrected chi connectivity index (χ1v) is 13.8. The lowest BCUT2D eigenvalue weighted by Gasteiger charge is -2.31. The summed E-state index contributed by atoms with van der Waals surface area (Å²) in [5.74, 6) is -0.250. The molecule has 0 radical (unpaired) electrons. The Bertz CT molecular complexity index is 1480. The molecule has 1 aromatic heterocycles. The summed E-state index contributed by atoms with van der Waals surface area (Å²) in [6.07, 6.45) is 0.858. The molecule has 0 spiro atoms. The number of benzene rings is 3. The molecular weight excluding hydrogens is 488 g/mol. The summed E-state index contributed by atoms with van der Waals surface area (Å²) in [7, 11) is 0. The Morgan fingerprint density at radius 3 is 2.54 bits per heavy atom. The number of ether oxygens (including phenoxy) is 1. The van der Waals surface area contributed by atoms with Gasteiger partial charge in [0.05, 0.1) is 24.9 Å². The lowest BCUT2D eigenvalue weighted by Crippen LogP contribution is -2.47. The van der Waals surface area contributed by atoms with Crippen LogP contribution < -0.4 is 5.32 Å². The van der Waals surface area contributed by atoms with E-state index in [-0.39, 0.29) is 11.8 Å². The van der Waals surface area contributed by atoms with Gasteiger partial charge in [-0.2, -0.15) is 0 Å². The summed E-state index contributed by atoms with van der Waals surface area (Å²) in [6, 6.07) is 25.1. The van der Waals surface area contributed by atoms with Gasteiger partial charge < -0.3 is 19.9 Å². The first kappa shape index (κ1) is 25.3. The number of rotatable bonds is 8. The molecule has 0 saturated carbocycles. The maximum absolute atomic E-state index is 13.9. The molecule has 0 aliphatic carbocycles. The van der Waals surface area contributed by atoms with Crippen molar-refractivity contribution in [3.05, 3.63) is 95.6 Å². The molecular formula is C32H34N4O3. The second kappa shape index (κ2) is 11.0. The zero-order valence-electron chi connectivity index (χ0n) is 22.2. The van der Waals surface area contributed by atoms with Gasteiger partial charge in [-0.05, 0) is 43.1 Å². The quantitative estimate of drug-likeness (QED) is 0.332. The molecule has 3 heterocycles. The number of carbonyl (C=O) groups excluding carboxylic acids is 2. The molecule has 7 heteroatoms. The third kappa shape index (κ3) is 4.84. The Balaban J connectivity index is 1.33. The highest BCUT2D eigenvalue weighted by atomic mass is 16.5. The van der Waals surface area contributed by atoms with Crippen molar-refractivity contribution in [3.8, 4) is 11.3 Å². The van der Waals surface area contributed by atoms with Gasteiger partial charge in [0.25, 0.3) is 5.91 Å². The smallest absolute Gasteiger partial charge is 0.255 e. The van der Waals surface area contributed by atoms with Gasteiger partial charge in [-0.25, -0.2) is 0 Å². The van der Waals surface area contributed by atoms with Crippen molar-refractivity contribution >= 4 is 22.7 Å². The van der Waals surface area contributed by atoms with Crippen molar-refractivity contribution in [1.82, 2.24) is 20.1 Å². The topological polar surface area (TPSA) is 77.7 Å². The van der Waals surface area contributed by atoms with E-state index in [9.17, 15) is 9.59 Å². The van der Waals surface area contributed by atoms with Crippen molar-refractivity contribution < 1.29 is 14.3 Å². The fraction of sp³-hybridized carbons (Fsp3) is 0.312. The fourth-order valence-electron chi connectivity index (χ4n) is 5.92. The summed E-state index contributed by atoms with van der Waals surface area (Å²) in [4.78, 5) is 35.1. The Kier molecular flexibility index (Phi) is 7.18. The predicted molar refractivity (Wildman–Crippen MR) is 153 cm³/mol. The van der Waals surface area contributed by atoms with Crippen LogP contribution in [0, 0.1) is 0 Å². The molecule has 6 rings (SSSR count). The van der Waals surface area contributed by atoms with Gasteiger partial charge in [-0.1, -0.05) is 66.7 Å². The highest BCUT2D eigenvalue weighted by Crippen LogP contribution is 2.46. The van der Waals surface area contributed by atoms with Crippen LogP contribution >= 0.6 is 0 Å². The van der Waals surface area contributed by atoms with E-state index < -0.39 is 12.1 Å². The summed E-state index contributed by atoms with van der Waals surface area (Å²) < 4.78 is 5.42. The summed E-state index contributed by atoms with van der Waals surface area (Å²) in [5, 5.41) is 4.15. The molecule has 39 heavy (non-hydrogen) atoms. The molecule has 2 aliphatic rings. The van der Waals surface area contributed by atoms with Crippen molar-refractivity contribution in [2.24, 2.45) is 0 Å². The number of carbonyl (C=O) groups is 2. The standard InChI is InChI=1S/C32H34N4O3/c1-22(31(37)33-16-9-17-35-18-20-39-21-19-35)36-30(24-12-5-6-13-25(24)32(36)38)28-26-14-7-8-15-27(26)34-29(28)23-10-3-2-4-11-23/h2-8,10-15,22,30,34H,9,16-21H2,1H3,(H,33,37)/t22-,30-/m0/s1. The van der Waals surface area contributed by atoms with Crippen molar-refractivity contribution in [3.63, 3.8) is 0 Å². The second-order valence-electron chi connectivity index (χ2n) is 10.3. The largest absolute Gasteiger partial charge is 0.379 e. The predicted octanol–water partition coefficient (Wildman–Crippen LogP) is 4.61. The van der Waals surface area contributed by atoms with Gasteiger partial charge >= 0.3 is 0 Å².